The van der Waals surface area contributed by atoms with Crippen molar-refractivity contribution < 1.29 is 42.7 Å². The number of hydrogen-bond donors (Lipinski definition) is 1. The quantitative estimate of drug-likeness (QED) is 0.102. The first-order valence-electron chi connectivity index (χ1n) is 14.9. The molecule has 2 aromatic carbocycles. The van der Waals surface area contributed by atoms with Crippen LogP contribution in [-0.4, -0.2) is 105 Å². The molecule has 9 nitrogen and oxygen atoms in total. The van der Waals surface area contributed by atoms with E-state index in [0.29, 0.717) is 85.7 Å². The van der Waals surface area contributed by atoms with Crippen molar-refractivity contribution in [3.8, 4) is 5.75 Å². The lowest BCUT2D eigenvalue weighted by molar-refractivity contribution is -0.109. The average Bonchev–Trinajstić information content (AvgIpc) is 2.93. The summed E-state index contributed by atoms with van der Waals surface area (Å²) in [5.74, 6) is 0.758. The fraction of sp³-hybridized carbons (Fsp3) is 0.656. The van der Waals surface area contributed by atoms with Crippen LogP contribution in [0.5, 0.6) is 5.75 Å². The summed E-state index contributed by atoms with van der Waals surface area (Å²) in [6.07, 6.45) is 0.656. The first-order chi connectivity index (χ1) is 20.1. The van der Waals surface area contributed by atoms with E-state index in [2.05, 4.69) is 33.9 Å². The van der Waals surface area contributed by atoms with Gasteiger partial charge in [-0.2, -0.15) is 0 Å². The Labute approximate surface area is 252 Å². The van der Waals surface area contributed by atoms with Crippen LogP contribution < -0.4 is 4.74 Å². The zero-order valence-electron chi connectivity index (χ0n) is 26.2. The van der Waals surface area contributed by atoms with E-state index < -0.39 is 14.4 Å². The smallest absolute Gasteiger partial charge is 0.192 e. The molecule has 0 spiro atoms. The van der Waals surface area contributed by atoms with Crippen LogP contribution in [0, 0.1) is 0 Å². The summed E-state index contributed by atoms with van der Waals surface area (Å²) < 4.78 is 39.6. The van der Waals surface area contributed by atoms with Gasteiger partial charge in [0, 0.05) is 6.42 Å². The van der Waals surface area contributed by atoms with Gasteiger partial charge in [0.15, 0.2) is 8.32 Å². The van der Waals surface area contributed by atoms with Gasteiger partial charge in [-0.15, -0.1) is 0 Å². The molecule has 0 radical (unpaired) electrons. The molecular weight excluding hydrogens is 556 g/mol. The lowest BCUT2D eigenvalue weighted by Crippen LogP contribution is -2.41. The molecule has 0 bridgehead atoms. The Morgan fingerprint density at radius 2 is 1.29 bits per heavy atom. The van der Waals surface area contributed by atoms with Crippen molar-refractivity contribution in [3.05, 3.63) is 42.0 Å². The Bertz CT molecular complexity index is 1010. The summed E-state index contributed by atoms with van der Waals surface area (Å²) >= 11 is 0. The lowest BCUT2D eigenvalue weighted by Gasteiger charge is -2.36. The summed E-state index contributed by atoms with van der Waals surface area (Å²) in [6.45, 7) is 17.4. The molecule has 0 fully saturated rings. The molecule has 2 rings (SSSR count). The van der Waals surface area contributed by atoms with Gasteiger partial charge in [-0.3, -0.25) is 0 Å². The van der Waals surface area contributed by atoms with Crippen LogP contribution in [0.2, 0.25) is 18.1 Å². The highest BCUT2D eigenvalue weighted by molar-refractivity contribution is 6.74. The van der Waals surface area contributed by atoms with Crippen molar-refractivity contribution >= 4 is 25.4 Å². The second kappa shape index (κ2) is 20.1. The fourth-order valence-electron chi connectivity index (χ4n) is 3.82. The zero-order valence-corrected chi connectivity index (χ0v) is 27.2. The second-order valence-electron chi connectivity index (χ2n) is 11.6. The second-order valence-corrected chi connectivity index (χ2v) is 16.4. The maximum absolute atomic E-state index is 10.6. The number of aliphatic hydroxyl groups excluding tert-OH is 1. The summed E-state index contributed by atoms with van der Waals surface area (Å²) in [5, 5.41) is 12.3. The third-order valence-electron chi connectivity index (χ3n) is 7.25. The predicted molar refractivity (Wildman–Crippen MR) is 167 cm³/mol. The summed E-state index contributed by atoms with van der Waals surface area (Å²) in [7, 11) is -1.70. The van der Waals surface area contributed by atoms with E-state index in [-0.39, 0.29) is 11.5 Å². The standard InChI is InChI=1S/C32H52O9Si/c1-32(2,3)42(4,5)41-24-22-39-20-18-37-16-14-35-13-15-36-17-19-38-21-23-40-30-9-10-31-27(25-29(34)11-12-33)7-6-8-28(31)26-30/h6-10,12,26,29,34H,11,13-25H2,1-5H3/t29-/m1/s1. The SMILES string of the molecule is CC(C)(C)[Si](C)(C)OCCOCCOCCOCCOCCOCCOc1ccc2c(C[C@H](O)CC=O)cccc2c1. The van der Waals surface area contributed by atoms with Gasteiger partial charge in [-0.25, -0.2) is 0 Å². The van der Waals surface area contributed by atoms with Crippen LogP contribution in [0.4, 0.5) is 0 Å². The molecule has 42 heavy (non-hydrogen) atoms. The van der Waals surface area contributed by atoms with Crippen LogP contribution >= 0.6 is 0 Å². The predicted octanol–water partition coefficient (Wildman–Crippen LogP) is 4.82. The fourth-order valence-corrected chi connectivity index (χ4v) is 4.84. The molecule has 0 aliphatic heterocycles. The van der Waals surface area contributed by atoms with Gasteiger partial charge in [0.2, 0.25) is 0 Å². The summed E-state index contributed by atoms with van der Waals surface area (Å²) in [4.78, 5) is 10.6. The molecule has 0 heterocycles. The van der Waals surface area contributed by atoms with Gasteiger partial charge < -0.3 is 42.7 Å². The van der Waals surface area contributed by atoms with Gasteiger partial charge in [0.05, 0.1) is 78.8 Å². The Morgan fingerprint density at radius 1 is 0.762 bits per heavy atom. The first kappa shape index (κ1) is 36.3. The molecule has 0 saturated carbocycles. The van der Waals surface area contributed by atoms with E-state index in [4.69, 9.17) is 32.8 Å². The van der Waals surface area contributed by atoms with Gasteiger partial charge in [0.1, 0.15) is 18.6 Å². The average molecular weight is 609 g/mol. The van der Waals surface area contributed by atoms with Crippen LogP contribution in [-0.2, 0) is 39.3 Å². The minimum atomic E-state index is -1.70. The van der Waals surface area contributed by atoms with Crippen molar-refractivity contribution in [2.75, 3.05) is 79.3 Å². The number of ether oxygens (including phenoxy) is 6. The maximum Gasteiger partial charge on any atom is 0.192 e. The molecule has 10 heteroatoms. The number of carbonyl (C=O) groups is 1. The van der Waals surface area contributed by atoms with Crippen molar-refractivity contribution in [1.82, 2.24) is 0 Å². The number of carbonyl (C=O) groups excluding carboxylic acids is 1. The summed E-state index contributed by atoms with van der Waals surface area (Å²) in [6, 6.07) is 11.8. The number of aliphatic hydroxyl groups is 1. The Hall–Kier alpha value is -1.89. The first-order valence-corrected chi connectivity index (χ1v) is 17.8. The largest absolute Gasteiger partial charge is 0.491 e. The minimum absolute atomic E-state index is 0.137. The van der Waals surface area contributed by atoms with Crippen LogP contribution in [0.15, 0.2) is 36.4 Å². The minimum Gasteiger partial charge on any atom is -0.491 e. The van der Waals surface area contributed by atoms with E-state index in [9.17, 15) is 9.90 Å². The molecule has 0 saturated heterocycles. The van der Waals surface area contributed by atoms with Crippen molar-refractivity contribution in [2.24, 2.45) is 0 Å². The highest BCUT2D eigenvalue weighted by Crippen LogP contribution is 2.36. The number of rotatable bonds is 24. The number of benzene rings is 2. The van der Waals surface area contributed by atoms with Crippen LogP contribution in [0.3, 0.4) is 0 Å². The zero-order chi connectivity index (χ0) is 30.7. The highest BCUT2D eigenvalue weighted by Gasteiger charge is 2.36. The molecule has 2 aromatic rings. The molecule has 0 aliphatic carbocycles. The van der Waals surface area contributed by atoms with Crippen LogP contribution in [0.1, 0.15) is 32.8 Å². The summed E-state index contributed by atoms with van der Waals surface area (Å²) in [5.41, 5.74) is 1.01. The maximum atomic E-state index is 10.6. The Balaban J connectivity index is 1.39. The van der Waals surface area contributed by atoms with Gasteiger partial charge in [-0.1, -0.05) is 45.0 Å². The molecule has 0 unspecified atom stereocenters. The lowest BCUT2D eigenvalue weighted by atomic mass is 9.99. The van der Waals surface area contributed by atoms with E-state index in [1.54, 1.807) is 0 Å². The van der Waals surface area contributed by atoms with Gasteiger partial charge in [-0.05, 0) is 53.0 Å². The van der Waals surface area contributed by atoms with Crippen molar-refractivity contribution in [2.45, 2.75) is 57.8 Å². The highest BCUT2D eigenvalue weighted by atomic mass is 28.4. The molecule has 0 aromatic heterocycles. The molecule has 238 valence electrons. The van der Waals surface area contributed by atoms with E-state index in [0.717, 1.165) is 28.4 Å². The third-order valence-corrected chi connectivity index (χ3v) is 11.8. The van der Waals surface area contributed by atoms with Gasteiger partial charge >= 0.3 is 0 Å². The third kappa shape index (κ3) is 14.5. The Morgan fingerprint density at radius 3 is 1.81 bits per heavy atom. The topological polar surface area (TPSA) is 102 Å². The van der Waals surface area contributed by atoms with Gasteiger partial charge in [0.25, 0.3) is 0 Å². The molecule has 0 amide bonds. The normalized spacial score (nSPS) is 13.0. The van der Waals surface area contributed by atoms with E-state index in [1.807, 2.05) is 36.4 Å². The molecule has 1 atom stereocenters. The number of hydrogen-bond acceptors (Lipinski definition) is 9. The van der Waals surface area contributed by atoms with Crippen LogP contribution in [0.25, 0.3) is 10.8 Å². The number of aldehydes is 1. The number of fused-ring (bicyclic) bond motifs is 1. The monoisotopic (exact) mass is 608 g/mol. The van der Waals surface area contributed by atoms with E-state index >= 15 is 0 Å². The Kier molecular flexibility index (Phi) is 17.4. The molecular formula is C32H52O9Si. The van der Waals surface area contributed by atoms with E-state index in [1.165, 1.54) is 0 Å². The van der Waals surface area contributed by atoms with Crippen molar-refractivity contribution in [1.29, 1.82) is 0 Å². The molecule has 1 N–H and O–H groups in total. The molecule has 0 aliphatic rings. The van der Waals surface area contributed by atoms with Crippen molar-refractivity contribution in [3.63, 3.8) is 0 Å².